The molecular weight excluding hydrogens is 258 g/mol. The van der Waals surface area contributed by atoms with Crippen molar-refractivity contribution >= 4 is 23.5 Å². The molecule has 1 atom stereocenters. The molecule has 0 aromatic carbocycles. The second-order valence-corrected chi connectivity index (χ2v) is 4.46. The molecule has 0 saturated carbocycles. The van der Waals surface area contributed by atoms with E-state index in [-0.39, 0.29) is 17.1 Å². The van der Waals surface area contributed by atoms with Crippen molar-refractivity contribution in [2.75, 3.05) is 0 Å². The summed E-state index contributed by atoms with van der Waals surface area (Å²) in [5.74, 6) is -1.39. The van der Waals surface area contributed by atoms with Gasteiger partial charge >= 0.3 is 5.97 Å². The highest BCUT2D eigenvalue weighted by atomic mass is 35.5. The maximum Gasteiger partial charge on any atom is 0.305 e. The summed E-state index contributed by atoms with van der Waals surface area (Å²) in [6.07, 6.45) is 2.79. The average Bonchev–Trinajstić information content (AvgIpc) is 2.57. The van der Waals surface area contributed by atoms with Crippen molar-refractivity contribution in [2.45, 2.75) is 32.2 Å². The zero-order chi connectivity index (χ0) is 13.7. The minimum absolute atomic E-state index is 0.107. The topological polar surface area (TPSA) is 84.2 Å². The number of nitrogens with zero attached hydrogens (tertiary/aromatic N) is 2. The van der Waals surface area contributed by atoms with Gasteiger partial charge in [0, 0.05) is 19.3 Å². The Labute approximate surface area is 110 Å². The van der Waals surface area contributed by atoms with E-state index in [1.807, 2.05) is 6.92 Å². The van der Waals surface area contributed by atoms with Crippen molar-refractivity contribution in [1.82, 2.24) is 15.1 Å². The van der Waals surface area contributed by atoms with Gasteiger partial charge in [-0.2, -0.15) is 5.10 Å². The number of aryl methyl sites for hydroxylation is 1. The molecule has 7 heteroatoms. The molecule has 1 aromatic heterocycles. The second kappa shape index (κ2) is 6.39. The summed E-state index contributed by atoms with van der Waals surface area (Å²) in [6, 6.07) is -0.405. The predicted octanol–water partition coefficient (Wildman–Crippen LogP) is 1.45. The molecule has 1 rings (SSSR count). The lowest BCUT2D eigenvalue weighted by Gasteiger charge is -2.15. The van der Waals surface area contributed by atoms with E-state index >= 15 is 0 Å². The van der Waals surface area contributed by atoms with E-state index in [4.69, 9.17) is 16.7 Å². The number of carboxylic acids is 1. The zero-order valence-corrected chi connectivity index (χ0v) is 11.1. The lowest BCUT2D eigenvalue weighted by molar-refractivity contribution is -0.137. The van der Waals surface area contributed by atoms with E-state index in [0.29, 0.717) is 6.42 Å². The molecule has 1 amide bonds. The van der Waals surface area contributed by atoms with E-state index < -0.39 is 17.9 Å². The van der Waals surface area contributed by atoms with Gasteiger partial charge in [-0.15, -0.1) is 0 Å². The van der Waals surface area contributed by atoms with E-state index in [1.165, 1.54) is 10.9 Å². The third-order valence-corrected chi connectivity index (χ3v) is 2.67. The van der Waals surface area contributed by atoms with Crippen LogP contribution in [-0.4, -0.2) is 32.8 Å². The van der Waals surface area contributed by atoms with Crippen LogP contribution in [0.4, 0.5) is 0 Å². The van der Waals surface area contributed by atoms with Gasteiger partial charge < -0.3 is 10.4 Å². The average molecular weight is 274 g/mol. The minimum Gasteiger partial charge on any atom is -0.481 e. The van der Waals surface area contributed by atoms with Crippen LogP contribution in [0, 0.1) is 0 Å². The number of halogens is 1. The number of amides is 1. The Bertz CT molecular complexity index is 445. The predicted molar refractivity (Wildman–Crippen MR) is 66.6 cm³/mol. The normalized spacial score (nSPS) is 12.2. The lowest BCUT2D eigenvalue weighted by atomic mass is 10.1. The maximum atomic E-state index is 11.9. The van der Waals surface area contributed by atoms with Crippen LogP contribution in [0.3, 0.4) is 0 Å². The van der Waals surface area contributed by atoms with Crippen LogP contribution < -0.4 is 5.32 Å². The monoisotopic (exact) mass is 273 g/mol. The Morgan fingerprint density at radius 3 is 2.72 bits per heavy atom. The summed E-state index contributed by atoms with van der Waals surface area (Å²) in [5.41, 5.74) is 0.116. The van der Waals surface area contributed by atoms with E-state index in [0.717, 1.165) is 6.42 Å². The first-order chi connectivity index (χ1) is 8.43. The second-order valence-electron chi connectivity index (χ2n) is 4.06. The van der Waals surface area contributed by atoms with Crippen molar-refractivity contribution in [3.8, 4) is 0 Å². The first kappa shape index (κ1) is 14.5. The van der Waals surface area contributed by atoms with Gasteiger partial charge in [0.05, 0.1) is 11.4 Å². The third kappa shape index (κ3) is 4.03. The fourth-order valence-corrected chi connectivity index (χ4v) is 1.92. The Kier molecular flexibility index (Phi) is 5.15. The van der Waals surface area contributed by atoms with Crippen molar-refractivity contribution in [3.05, 3.63) is 16.9 Å². The molecule has 1 aromatic rings. The number of carbonyl (C=O) groups is 2. The first-order valence-electron chi connectivity index (χ1n) is 5.65. The maximum absolute atomic E-state index is 11.9. The van der Waals surface area contributed by atoms with Gasteiger partial charge in [0.25, 0.3) is 5.91 Å². The first-order valence-corrected chi connectivity index (χ1v) is 6.03. The number of nitrogens with one attached hydrogen (secondary N) is 1. The minimum atomic E-state index is -0.944. The van der Waals surface area contributed by atoms with Crippen molar-refractivity contribution in [3.63, 3.8) is 0 Å². The zero-order valence-electron chi connectivity index (χ0n) is 10.3. The highest BCUT2D eigenvalue weighted by molar-refractivity contribution is 6.33. The highest BCUT2D eigenvalue weighted by Crippen LogP contribution is 2.13. The van der Waals surface area contributed by atoms with E-state index in [9.17, 15) is 9.59 Å². The van der Waals surface area contributed by atoms with Gasteiger partial charge in [-0.1, -0.05) is 24.9 Å². The molecule has 6 nitrogen and oxygen atoms in total. The van der Waals surface area contributed by atoms with E-state index in [2.05, 4.69) is 10.4 Å². The molecule has 0 aliphatic rings. The standard InChI is InChI=1S/C11H16ClN3O3/c1-3-4-7(5-9(16)17)13-11(18)10-8(12)6-15(2)14-10/h6-7H,3-5H2,1-2H3,(H,13,18)(H,16,17)/t7-/m1/s1. The molecule has 0 spiro atoms. The molecule has 2 N–H and O–H groups in total. The number of carbonyl (C=O) groups excluding carboxylic acids is 1. The fourth-order valence-electron chi connectivity index (χ4n) is 1.65. The Morgan fingerprint density at radius 2 is 2.28 bits per heavy atom. The molecule has 0 fully saturated rings. The molecule has 1 heterocycles. The third-order valence-electron chi connectivity index (χ3n) is 2.39. The SMILES string of the molecule is CCC[C@H](CC(=O)O)NC(=O)c1nn(C)cc1Cl. The van der Waals surface area contributed by atoms with Gasteiger partial charge in [-0.05, 0) is 6.42 Å². The fraction of sp³-hybridized carbons (Fsp3) is 0.545. The molecule has 0 aliphatic carbocycles. The van der Waals surface area contributed by atoms with Crippen molar-refractivity contribution in [2.24, 2.45) is 7.05 Å². The molecular formula is C11H16ClN3O3. The summed E-state index contributed by atoms with van der Waals surface area (Å²) < 4.78 is 1.43. The molecule has 0 unspecified atom stereocenters. The van der Waals surface area contributed by atoms with Crippen LogP contribution in [-0.2, 0) is 11.8 Å². The van der Waals surface area contributed by atoms with Gasteiger partial charge in [-0.25, -0.2) is 0 Å². The molecule has 0 bridgehead atoms. The summed E-state index contributed by atoms with van der Waals surface area (Å²) in [7, 11) is 1.66. The molecule has 100 valence electrons. The summed E-state index contributed by atoms with van der Waals surface area (Å²) >= 11 is 5.85. The molecule has 0 aliphatic heterocycles. The Hall–Kier alpha value is -1.56. The van der Waals surface area contributed by atoms with Gasteiger partial charge in [0.2, 0.25) is 0 Å². The lowest BCUT2D eigenvalue weighted by Crippen LogP contribution is -2.36. The number of aliphatic carboxylic acids is 1. The summed E-state index contributed by atoms with van der Waals surface area (Å²) in [6.45, 7) is 1.93. The van der Waals surface area contributed by atoms with Crippen LogP contribution >= 0.6 is 11.6 Å². The van der Waals surface area contributed by atoms with Crippen molar-refractivity contribution in [1.29, 1.82) is 0 Å². The summed E-state index contributed by atoms with van der Waals surface area (Å²) in [5, 5.41) is 15.6. The molecule has 0 radical (unpaired) electrons. The Morgan fingerprint density at radius 1 is 1.61 bits per heavy atom. The number of carboxylic acid groups (broad SMARTS) is 1. The van der Waals surface area contributed by atoms with Gasteiger partial charge in [-0.3, -0.25) is 14.3 Å². The molecule has 18 heavy (non-hydrogen) atoms. The van der Waals surface area contributed by atoms with E-state index in [1.54, 1.807) is 7.05 Å². The smallest absolute Gasteiger partial charge is 0.305 e. The van der Waals surface area contributed by atoms with Crippen LogP contribution in [0.5, 0.6) is 0 Å². The summed E-state index contributed by atoms with van der Waals surface area (Å²) in [4.78, 5) is 22.6. The molecule has 0 saturated heterocycles. The van der Waals surface area contributed by atoms with Gasteiger partial charge in [0.1, 0.15) is 0 Å². The quantitative estimate of drug-likeness (QED) is 0.821. The largest absolute Gasteiger partial charge is 0.481 e. The Balaban J connectivity index is 2.71. The van der Waals surface area contributed by atoms with Gasteiger partial charge in [0.15, 0.2) is 5.69 Å². The van der Waals surface area contributed by atoms with Crippen LogP contribution in [0.25, 0.3) is 0 Å². The highest BCUT2D eigenvalue weighted by Gasteiger charge is 2.20. The number of aromatic nitrogens is 2. The van der Waals surface area contributed by atoms with Crippen LogP contribution in [0.1, 0.15) is 36.7 Å². The number of hydrogen-bond acceptors (Lipinski definition) is 3. The number of rotatable bonds is 6. The van der Waals surface area contributed by atoms with Crippen molar-refractivity contribution < 1.29 is 14.7 Å². The number of hydrogen-bond donors (Lipinski definition) is 2. The van der Waals surface area contributed by atoms with Crippen LogP contribution in [0.15, 0.2) is 6.20 Å². The van der Waals surface area contributed by atoms with Crippen LogP contribution in [0.2, 0.25) is 5.02 Å².